The van der Waals surface area contributed by atoms with E-state index in [2.05, 4.69) is 48.0 Å². The predicted octanol–water partition coefficient (Wildman–Crippen LogP) is 3.80. The van der Waals surface area contributed by atoms with Gasteiger partial charge in [0.25, 0.3) is 0 Å². The minimum atomic E-state index is -0.274. The van der Waals surface area contributed by atoms with E-state index in [1.807, 2.05) is 0 Å². The number of aromatic nitrogens is 1. The Kier molecular flexibility index (Phi) is 3.43. The first-order valence-corrected chi connectivity index (χ1v) is 7.27. The van der Waals surface area contributed by atoms with Crippen LogP contribution in [0.25, 0.3) is 5.69 Å². The molecule has 2 heteroatoms. The van der Waals surface area contributed by atoms with Crippen LogP contribution in [-0.4, -0.2) is 9.67 Å². The summed E-state index contributed by atoms with van der Waals surface area (Å²) in [6.07, 6.45) is 7.18. The van der Waals surface area contributed by atoms with Gasteiger partial charge in [0, 0.05) is 23.1 Å². The Bertz CT molecular complexity index is 553. The summed E-state index contributed by atoms with van der Waals surface area (Å²) in [6, 6.07) is 10.9. The van der Waals surface area contributed by atoms with Gasteiger partial charge in [0.15, 0.2) is 0 Å². The molecule has 1 aliphatic carbocycles. The van der Waals surface area contributed by atoms with Gasteiger partial charge < -0.3 is 9.67 Å². The Morgan fingerprint density at radius 1 is 1.21 bits per heavy atom. The van der Waals surface area contributed by atoms with Crippen LogP contribution in [0.5, 0.6) is 0 Å². The second kappa shape index (κ2) is 5.22. The monoisotopic (exact) mass is 255 g/mol. The minimum Gasteiger partial charge on any atom is -0.388 e. The zero-order chi connectivity index (χ0) is 13.2. The highest BCUT2D eigenvalue weighted by atomic mass is 16.3. The third-order valence-electron chi connectivity index (χ3n) is 4.03. The second-order valence-electron chi connectivity index (χ2n) is 5.41. The van der Waals surface area contributed by atoms with E-state index in [4.69, 9.17) is 0 Å². The summed E-state index contributed by atoms with van der Waals surface area (Å²) in [5.74, 6) is 0. The van der Waals surface area contributed by atoms with Crippen LogP contribution in [0.1, 0.15) is 49.1 Å². The molecule has 0 saturated carbocycles. The Labute approximate surface area is 114 Å². The molecule has 0 fully saturated rings. The van der Waals surface area contributed by atoms with Gasteiger partial charge in [-0.1, -0.05) is 25.5 Å². The van der Waals surface area contributed by atoms with Crippen LogP contribution in [0.4, 0.5) is 0 Å². The van der Waals surface area contributed by atoms with Crippen molar-refractivity contribution in [3.63, 3.8) is 0 Å². The van der Waals surface area contributed by atoms with E-state index >= 15 is 0 Å². The van der Waals surface area contributed by atoms with Gasteiger partial charge in [0.2, 0.25) is 0 Å². The summed E-state index contributed by atoms with van der Waals surface area (Å²) >= 11 is 0. The highest BCUT2D eigenvalue weighted by Crippen LogP contribution is 2.31. The molecule has 0 radical (unpaired) electrons. The highest BCUT2D eigenvalue weighted by Gasteiger charge is 2.21. The molecular weight excluding hydrogens is 234 g/mol. The first kappa shape index (κ1) is 12.5. The molecule has 0 aliphatic heterocycles. The Balaban J connectivity index is 1.94. The van der Waals surface area contributed by atoms with Crippen molar-refractivity contribution in [3.8, 4) is 5.69 Å². The van der Waals surface area contributed by atoms with Crippen LogP contribution >= 0.6 is 0 Å². The van der Waals surface area contributed by atoms with Crippen LogP contribution < -0.4 is 0 Å². The first-order chi connectivity index (χ1) is 9.29. The van der Waals surface area contributed by atoms with Crippen LogP contribution in [0.3, 0.4) is 0 Å². The molecule has 1 N–H and O–H groups in total. The smallest absolute Gasteiger partial charge is 0.0807 e. The zero-order valence-electron chi connectivity index (χ0n) is 11.5. The van der Waals surface area contributed by atoms with Gasteiger partial charge in [-0.15, -0.1) is 0 Å². The van der Waals surface area contributed by atoms with E-state index in [0.717, 1.165) is 31.2 Å². The number of nitrogens with zero attached hydrogens (tertiary/aromatic N) is 1. The number of aliphatic hydroxyl groups is 1. The van der Waals surface area contributed by atoms with Gasteiger partial charge in [0.05, 0.1) is 6.10 Å². The number of hydrogen-bond acceptors (Lipinski definition) is 1. The molecule has 1 heterocycles. The Morgan fingerprint density at radius 3 is 2.74 bits per heavy atom. The van der Waals surface area contributed by atoms with Crippen molar-refractivity contribution in [2.24, 2.45) is 0 Å². The number of aryl methyl sites for hydroxylation is 1. The molecule has 1 aromatic carbocycles. The van der Waals surface area contributed by atoms with Crippen LogP contribution in [0, 0.1) is 0 Å². The molecule has 3 rings (SSSR count). The number of hydrogen-bond donors (Lipinski definition) is 1. The molecule has 1 atom stereocenters. The molecule has 0 saturated heterocycles. The molecule has 0 spiro atoms. The molecule has 2 nitrogen and oxygen atoms in total. The fraction of sp³-hybridized carbons (Fsp3) is 0.412. The third-order valence-corrected chi connectivity index (χ3v) is 4.03. The number of aliphatic hydroxyl groups excluding tert-OH is 1. The van der Waals surface area contributed by atoms with Crippen molar-refractivity contribution in [3.05, 3.63) is 53.3 Å². The fourth-order valence-corrected chi connectivity index (χ4v) is 3.02. The quantitative estimate of drug-likeness (QED) is 0.886. The molecule has 2 aromatic rings. The summed E-state index contributed by atoms with van der Waals surface area (Å²) in [5, 5.41) is 10.0. The average molecular weight is 255 g/mol. The minimum absolute atomic E-state index is 0.274. The van der Waals surface area contributed by atoms with Gasteiger partial charge in [-0.05, 0) is 49.4 Å². The molecule has 0 amide bonds. The molecule has 100 valence electrons. The van der Waals surface area contributed by atoms with Crippen molar-refractivity contribution in [1.29, 1.82) is 0 Å². The van der Waals surface area contributed by atoms with E-state index in [9.17, 15) is 5.11 Å². The van der Waals surface area contributed by atoms with E-state index < -0.39 is 0 Å². The van der Waals surface area contributed by atoms with Crippen LogP contribution in [0.15, 0.2) is 36.5 Å². The Morgan fingerprint density at radius 2 is 2.00 bits per heavy atom. The lowest BCUT2D eigenvalue weighted by Gasteiger charge is -2.20. The molecular formula is C17H21NO. The number of rotatable bonds is 3. The number of benzene rings is 1. The first-order valence-electron chi connectivity index (χ1n) is 7.27. The van der Waals surface area contributed by atoms with Crippen molar-refractivity contribution in [1.82, 2.24) is 4.57 Å². The fourth-order valence-electron chi connectivity index (χ4n) is 3.02. The van der Waals surface area contributed by atoms with E-state index in [0.29, 0.717) is 0 Å². The van der Waals surface area contributed by atoms with E-state index in [1.165, 1.54) is 23.4 Å². The zero-order valence-corrected chi connectivity index (χ0v) is 11.5. The lowest BCUT2D eigenvalue weighted by Crippen LogP contribution is -2.10. The van der Waals surface area contributed by atoms with E-state index in [1.54, 1.807) is 0 Å². The highest BCUT2D eigenvalue weighted by molar-refractivity contribution is 5.41. The largest absolute Gasteiger partial charge is 0.388 e. The maximum atomic E-state index is 10.0. The summed E-state index contributed by atoms with van der Waals surface area (Å²) < 4.78 is 2.23. The van der Waals surface area contributed by atoms with Crippen molar-refractivity contribution >= 4 is 0 Å². The molecule has 19 heavy (non-hydrogen) atoms. The van der Waals surface area contributed by atoms with Crippen molar-refractivity contribution < 1.29 is 5.11 Å². The summed E-state index contributed by atoms with van der Waals surface area (Å²) in [7, 11) is 0. The van der Waals surface area contributed by atoms with Crippen LogP contribution in [-0.2, 0) is 12.8 Å². The maximum absolute atomic E-state index is 10.0. The molecule has 1 unspecified atom stereocenters. The lowest BCUT2D eigenvalue weighted by molar-refractivity contribution is 0.156. The van der Waals surface area contributed by atoms with Gasteiger partial charge in [-0.2, -0.15) is 0 Å². The van der Waals surface area contributed by atoms with Crippen molar-refractivity contribution in [2.45, 2.75) is 45.1 Å². The molecule has 1 aliphatic rings. The molecule has 1 aromatic heterocycles. The lowest BCUT2D eigenvalue weighted by atomic mass is 9.95. The standard InChI is InChI=1S/C17H21NO/c1-2-4-13-7-9-14(10-8-13)18-12-11-15-16(18)5-3-6-17(15)19/h7-12,17,19H,2-6H2,1H3. The third kappa shape index (κ3) is 2.33. The number of fused-ring (bicyclic) bond motifs is 1. The summed E-state index contributed by atoms with van der Waals surface area (Å²) in [4.78, 5) is 0. The maximum Gasteiger partial charge on any atom is 0.0807 e. The molecule has 0 bridgehead atoms. The van der Waals surface area contributed by atoms with Gasteiger partial charge in [0.1, 0.15) is 0 Å². The van der Waals surface area contributed by atoms with Gasteiger partial charge in [-0.3, -0.25) is 0 Å². The second-order valence-corrected chi connectivity index (χ2v) is 5.41. The Hall–Kier alpha value is -1.54. The predicted molar refractivity (Wildman–Crippen MR) is 77.7 cm³/mol. The summed E-state index contributed by atoms with van der Waals surface area (Å²) in [5.41, 5.74) is 4.99. The van der Waals surface area contributed by atoms with Crippen LogP contribution in [0.2, 0.25) is 0 Å². The average Bonchev–Trinajstić information content (AvgIpc) is 2.85. The van der Waals surface area contributed by atoms with Gasteiger partial charge in [-0.25, -0.2) is 0 Å². The summed E-state index contributed by atoms with van der Waals surface area (Å²) in [6.45, 7) is 2.21. The van der Waals surface area contributed by atoms with Crippen molar-refractivity contribution in [2.75, 3.05) is 0 Å². The SMILES string of the molecule is CCCc1ccc(-n2ccc3c2CCCC3O)cc1. The van der Waals surface area contributed by atoms with Gasteiger partial charge >= 0.3 is 0 Å². The van der Waals surface area contributed by atoms with E-state index in [-0.39, 0.29) is 6.10 Å². The topological polar surface area (TPSA) is 25.2 Å². The normalized spacial score (nSPS) is 18.3.